The third-order valence-electron chi connectivity index (χ3n) is 5.75. The predicted octanol–water partition coefficient (Wildman–Crippen LogP) is 1.71. The summed E-state index contributed by atoms with van der Waals surface area (Å²) in [7, 11) is 2.56. The van der Waals surface area contributed by atoms with Gasteiger partial charge in [-0.3, -0.25) is 14.4 Å². The second-order valence-corrected chi connectivity index (χ2v) is 8.30. The van der Waals surface area contributed by atoms with Gasteiger partial charge in [0.1, 0.15) is 6.04 Å². The highest BCUT2D eigenvalue weighted by atomic mass is 32.2. The average Bonchev–Trinajstić information content (AvgIpc) is 3.18. The molecule has 30 heavy (non-hydrogen) atoms. The quantitative estimate of drug-likeness (QED) is 0.514. The SMILES string of the molecule is COC(=O)[C@@H]1CCN(C(=O)[C@H]2CC(=O)N(c3ccc(SC)cc3)C2)[C@H](C(=O)OC)C1. The van der Waals surface area contributed by atoms with Crippen LogP contribution in [-0.4, -0.2) is 68.3 Å². The number of carbonyl (C=O) groups is 4. The Balaban J connectivity index is 1.73. The molecule has 2 aliphatic heterocycles. The van der Waals surface area contributed by atoms with Crippen LogP contribution in [0.25, 0.3) is 0 Å². The van der Waals surface area contributed by atoms with Crippen molar-refractivity contribution >= 4 is 41.2 Å². The fraction of sp³-hybridized carbons (Fsp3) is 0.524. The molecule has 3 atom stereocenters. The lowest BCUT2D eigenvalue weighted by Crippen LogP contribution is -2.53. The second-order valence-electron chi connectivity index (χ2n) is 7.42. The first kappa shape index (κ1) is 22.1. The molecule has 2 amide bonds. The summed E-state index contributed by atoms with van der Waals surface area (Å²) in [5.74, 6) is -2.34. The maximum atomic E-state index is 13.2. The fourth-order valence-electron chi connectivity index (χ4n) is 4.09. The number of ether oxygens (including phenoxy) is 2. The molecule has 0 unspecified atom stereocenters. The summed E-state index contributed by atoms with van der Waals surface area (Å²) in [6.45, 7) is 0.507. The Morgan fingerprint density at radius 1 is 1.03 bits per heavy atom. The number of rotatable bonds is 5. The van der Waals surface area contributed by atoms with Crippen LogP contribution < -0.4 is 4.90 Å². The molecule has 162 valence electrons. The molecule has 0 saturated carbocycles. The molecule has 2 aliphatic rings. The summed E-state index contributed by atoms with van der Waals surface area (Å²) in [4.78, 5) is 54.2. The molecular formula is C21H26N2O6S. The van der Waals surface area contributed by atoms with Crippen LogP contribution in [0.15, 0.2) is 29.2 Å². The predicted molar refractivity (Wildman–Crippen MR) is 111 cm³/mol. The zero-order chi connectivity index (χ0) is 21.8. The monoisotopic (exact) mass is 434 g/mol. The van der Waals surface area contributed by atoms with Crippen LogP contribution in [0.1, 0.15) is 19.3 Å². The molecule has 0 aromatic heterocycles. The number of thioether (sulfide) groups is 1. The lowest BCUT2D eigenvalue weighted by molar-refractivity contribution is -0.161. The molecule has 0 N–H and O–H groups in total. The Labute approximate surface area is 179 Å². The van der Waals surface area contributed by atoms with Gasteiger partial charge in [-0.1, -0.05) is 0 Å². The molecule has 3 rings (SSSR count). The van der Waals surface area contributed by atoms with E-state index in [0.29, 0.717) is 6.42 Å². The average molecular weight is 435 g/mol. The van der Waals surface area contributed by atoms with Crippen LogP contribution in [0.3, 0.4) is 0 Å². The minimum absolute atomic E-state index is 0.0912. The van der Waals surface area contributed by atoms with Gasteiger partial charge in [-0.2, -0.15) is 0 Å². The third kappa shape index (κ3) is 4.45. The van der Waals surface area contributed by atoms with E-state index in [4.69, 9.17) is 9.47 Å². The van der Waals surface area contributed by atoms with Crippen LogP contribution in [-0.2, 0) is 28.7 Å². The molecule has 8 nitrogen and oxygen atoms in total. The molecule has 2 saturated heterocycles. The van der Waals surface area contributed by atoms with Crippen LogP contribution >= 0.6 is 11.8 Å². The van der Waals surface area contributed by atoms with Crippen LogP contribution in [0, 0.1) is 11.8 Å². The van der Waals surface area contributed by atoms with Gasteiger partial charge in [-0.25, -0.2) is 4.79 Å². The number of anilines is 1. The summed E-state index contributed by atoms with van der Waals surface area (Å²) in [6, 6.07) is 6.76. The Hall–Kier alpha value is -2.55. The first-order chi connectivity index (χ1) is 14.4. The van der Waals surface area contributed by atoms with Gasteiger partial charge in [-0.05, 0) is 43.4 Å². The van der Waals surface area contributed by atoms with Crippen molar-refractivity contribution in [1.82, 2.24) is 4.90 Å². The van der Waals surface area contributed by atoms with E-state index in [1.807, 2.05) is 30.5 Å². The molecule has 9 heteroatoms. The summed E-state index contributed by atoms with van der Waals surface area (Å²) in [5.41, 5.74) is 0.752. The highest BCUT2D eigenvalue weighted by molar-refractivity contribution is 7.98. The van der Waals surface area contributed by atoms with Gasteiger partial charge < -0.3 is 19.3 Å². The van der Waals surface area contributed by atoms with E-state index in [9.17, 15) is 19.2 Å². The first-order valence-corrected chi connectivity index (χ1v) is 11.0. The number of methoxy groups -OCH3 is 2. The highest BCUT2D eigenvalue weighted by Gasteiger charge is 2.44. The topological polar surface area (TPSA) is 93.2 Å². The van der Waals surface area contributed by atoms with Crippen LogP contribution in [0.2, 0.25) is 0 Å². The molecule has 1 aromatic rings. The van der Waals surface area contributed by atoms with E-state index < -0.39 is 29.8 Å². The van der Waals surface area contributed by atoms with Crippen LogP contribution in [0.5, 0.6) is 0 Å². The van der Waals surface area contributed by atoms with E-state index in [1.54, 1.807) is 16.7 Å². The van der Waals surface area contributed by atoms with Crippen LogP contribution in [0.4, 0.5) is 5.69 Å². The summed E-state index contributed by atoms with van der Waals surface area (Å²) >= 11 is 1.61. The summed E-state index contributed by atoms with van der Waals surface area (Å²) < 4.78 is 9.66. The number of benzene rings is 1. The molecule has 2 fully saturated rings. The standard InChI is InChI=1S/C21H26N2O6S/c1-28-20(26)13-8-9-22(17(10-13)21(27)29-2)19(25)14-11-18(24)23(12-14)15-4-6-16(30-3)7-5-15/h4-7,13-14,17H,8-12H2,1-3H3/t13-,14+,17+/m1/s1. The Morgan fingerprint density at radius 2 is 1.70 bits per heavy atom. The molecular weight excluding hydrogens is 408 g/mol. The van der Waals surface area contributed by atoms with E-state index >= 15 is 0 Å². The smallest absolute Gasteiger partial charge is 0.328 e. The van der Waals surface area contributed by atoms with Crippen molar-refractivity contribution in [3.8, 4) is 0 Å². The number of hydrogen-bond donors (Lipinski definition) is 0. The number of amides is 2. The van der Waals surface area contributed by atoms with Gasteiger partial charge in [0.15, 0.2) is 0 Å². The van der Waals surface area contributed by atoms with Crippen molar-refractivity contribution in [3.63, 3.8) is 0 Å². The van der Waals surface area contributed by atoms with E-state index in [-0.39, 0.29) is 37.7 Å². The molecule has 0 radical (unpaired) electrons. The largest absolute Gasteiger partial charge is 0.469 e. The summed E-state index contributed by atoms with van der Waals surface area (Å²) in [5, 5.41) is 0. The maximum absolute atomic E-state index is 13.2. The third-order valence-corrected chi connectivity index (χ3v) is 6.50. The van der Waals surface area contributed by atoms with Crippen molar-refractivity contribution in [3.05, 3.63) is 24.3 Å². The lowest BCUT2D eigenvalue weighted by atomic mass is 9.89. The fourth-order valence-corrected chi connectivity index (χ4v) is 4.50. The molecule has 1 aromatic carbocycles. The van der Waals surface area contributed by atoms with E-state index in [0.717, 1.165) is 10.6 Å². The summed E-state index contributed by atoms with van der Waals surface area (Å²) in [6.07, 6.45) is 2.64. The van der Waals surface area contributed by atoms with Gasteiger partial charge >= 0.3 is 11.9 Å². The van der Waals surface area contributed by atoms with Gasteiger partial charge in [0, 0.05) is 30.1 Å². The van der Waals surface area contributed by atoms with Crippen molar-refractivity contribution in [2.45, 2.75) is 30.2 Å². The molecule has 0 bridgehead atoms. The number of hydrogen-bond acceptors (Lipinski definition) is 7. The van der Waals surface area contributed by atoms with Gasteiger partial charge in [0.05, 0.1) is 26.1 Å². The second kappa shape index (κ2) is 9.51. The van der Waals surface area contributed by atoms with Gasteiger partial charge in [0.2, 0.25) is 11.8 Å². The number of nitrogens with zero attached hydrogens (tertiary/aromatic N) is 2. The van der Waals surface area contributed by atoms with E-state index in [2.05, 4.69) is 0 Å². The van der Waals surface area contributed by atoms with Gasteiger partial charge in [-0.15, -0.1) is 11.8 Å². The number of likely N-dealkylation sites (tertiary alicyclic amines) is 1. The maximum Gasteiger partial charge on any atom is 0.328 e. The Morgan fingerprint density at radius 3 is 2.30 bits per heavy atom. The number of esters is 2. The van der Waals surface area contributed by atoms with Crippen molar-refractivity contribution < 1.29 is 28.7 Å². The lowest BCUT2D eigenvalue weighted by Gasteiger charge is -2.38. The molecule has 0 spiro atoms. The zero-order valence-electron chi connectivity index (χ0n) is 17.3. The minimum Gasteiger partial charge on any atom is -0.469 e. The Kier molecular flexibility index (Phi) is 7.02. The number of piperidine rings is 1. The Bertz CT molecular complexity index is 827. The van der Waals surface area contributed by atoms with E-state index in [1.165, 1.54) is 19.1 Å². The molecule has 0 aliphatic carbocycles. The number of carbonyl (C=O) groups excluding carboxylic acids is 4. The van der Waals surface area contributed by atoms with Crippen molar-refractivity contribution in [2.75, 3.05) is 38.5 Å². The van der Waals surface area contributed by atoms with Crippen molar-refractivity contribution in [1.29, 1.82) is 0 Å². The first-order valence-electron chi connectivity index (χ1n) is 9.80. The van der Waals surface area contributed by atoms with Crippen molar-refractivity contribution in [2.24, 2.45) is 11.8 Å². The minimum atomic E-state index is -0.856. The molecule has 2 heterocycles. The normalized spacial score (nSPS) is 24.0. The highest BCUT2D eigenvalue weighted by Crippen LogP contribution is 2.31. The zero-order valence-corrected chi connectivity index (χ0v) is 18.1. The van der Waals surface area contributed by atoms with Gasteiger partial charge in [0.25, 0.3) is 0 Å².